The Hall–Kier alpha value is -1.50. The van der Waals surface area contributed by atoms with Crippen molar-refractivity contribution in [3.63, 3.8) is 0 Å². The van der Waals surface area contributed by atoms with Crippen molar-refractivity contribution in [1.29, 1.82) is 0 Å². The zero-order valence-corrected chi connectivity index (χ0v) is 12.7. The Bertz CT molecular complexity index is 412. The molecule has 110 valence electrons. The summed E-state index contributed by atoms with van der Waals surface area (Å²) in [6.45, 7) is 9.38. The van der Waals surface area contributed by atoms with Gasteiger partial charge in [0.2, 0.25) is 0 Å². The highest BCUT2D eigenvalue weighted by molar-refractivity contribution is 5.28. The van der Waals surface area contributed by atoms with Crippen LogP contribution in [0.2, 0.25) is 0 Å². The average molecular weight is 274 g/mol. The first-order chi connectivity index (χ1) is 9.80. The van der Waals surface area contributed by atoms with Gasteiger partial charge in [-0.05, 0) is 37.2 Å². The van der Waals surface area contributed by atoms with E-state index < -0.39 is 0 Å². The first-order valence-electron chi connectivity index (χ1n) is 7.38. The molecule has 0 aliphatic rings. The van der Waals surface area contributed by atoms with Crippen LogP contribution in [-0.4, -0.2) is 37.7 Å². The predicted octanol–water partition coefficient (Wildman–Crippen LogP) is 2.52. The zero-order valence-electron chi connectivity index (χ0n) is 12.7. The van der Waals surface area contributed by atoms with Crippen molar-refractivity contribution < 1.29 is 4.74 Å². The van der Waals surface area contributed by atoms with Gasteiger partial charge >= 0.3 is 0 Å². The maximum atomic E-state index is 5.81. The van der Waals surface area contributed by atoms with Crippen molar-refractivity contribution in [1.82, 2.24) is 10.2 Å². The van der Waals surface area contributed by atoms with Crippen molar-refractivity contribution in [2.24, 2.45) is 0 Å². The summed E-state index contributed by atoms with van der Waals surface area (Å²) in [6, 6.07) is 8.24. The SMILES string of the molecule is C#CCN(CCC)CCOc1cccc(CNCC)c1. The maximum absolute atomic E-state index is 5.81. The van der Waals surface area contributed by atoms with Crippen LogP contribution in [0.15, 0.2) is 24.3 Å². The molecule has 0 heterocycles. The normalized spacial score (nSPS) is 10.5. The molecule has 3 nitrogen and oxygen atoms in total. The summed E-state index contributed by atoms with van der Waals surface area (Å²) in [5.74, 6) is 3.62. The molecule has 0 bridgehead atoms. The van der Waals surface area contributed by atoms with Crippen LogP contribution in [0.5, 0.6) is 5.75 Å². The smallest absolute Gasteiger partial charge is 0.119 e. The van der Waals surface area contributed by atoms with Gasteiger partial charge < -0.3 is 10.1 Å². The first kappa shape index (κ1) is 16.6. The predicted molar refractivity (Wildman–Crippen MR) is 84.9 cm³/mol. The highest BCUT2D eigenvalue weighted by atomic mass is 16.5. The Morgan fingerprint density at radius 3 is 2.85 bits per heavy atom. The molecule has 0 aliphatic carbocycles. The number of hydrogen-bond acceptors (Lipinski definition) is 3. The van der Waals surface area contributed by atoms with E-state index in [0.29, 0.717) is 13.2 Å². The molecule has 0 atom stereocenters. The van der Waals surface area contributed by atoms with E-state index in [1.165, 1.54) is 5.56 Å². The fraction of sp³-hybridized carbons (Fsp3) is 0.529. The molecule has 1 N–H and O–H groups in total. The van der Waals surface area contributed by atoms with Crippen LogP contribution in [0.3, 0.4) is 0 Å². The second kappa shape index (κ2) is 10.3. The second-order valence-corrected chi connectivity index (χ2v) is 4.76. The quantitative estimate of drug-likeness (QED) is 0.664. The van der Waals surface area contributed by atoms with Crippen LogP contribution in [0.25, 0.3) is 0 Å². The van der Waals surface area contributed by atoms with Crippen molar-refractivity contribution in [3.05, 3.63) is 29.8 Å². The van der Waals surface area contributed by atoms with Gasteiger partial charge in [-0.2, -0.15) is 0 Å². The molecule has 0 saturated heterocycles. The van der Waals surface area contributed by atoms with Gasteiger partial charge in [0, 0.05) is 13.1 Å². The van der Waals surface area contributed by atoms with Crippen molar-refractivity contribution >= 4 is 0 Å². The summed E-state index contributed by atoms with van der Waals surface area (Å²) in [7, 11) is 0. The first-order valence-corrected chi connectivity index (χ1v) is 7.38. The number of benzene rings is 1. The molecule has 1 rings (SSSR count). The largest absolute Gasteiger partial charge is 0.492 e. The van der Waals surface area contributed by atoms with Crippen LogP contribution >= 0.6 is 0 Å². The third-order valence-electron chi connectivity index (χ3n) is 3.01. The molecule has 20 heavy (non-hydrogen) atoms. The lowest BCUT2D eigenvalue weighted by molar-refractivity contribution is 0.225. The average Bonchev–Trinajstić information content (AvgIpc) is 2.46. The minimum atomic E-state index is 0.673. The Balaban J connectivity index is 2.38. The standard InChI is InChI=1S/C17H26N2O/c1-4-10-19(11-5-2)12-13-20-17-9-7-8-16(14-17)15-18-6-3/h1,7-9,14,18H,5-6,10-13,15H2,2-3H3. The molecule has 1 aromatic carbocycles. The van der Waals surface area contributed by atoms with E-state index in [0.717, 1.165) is 38.3 Å². The van der Waals surface area contributed by atoms with Gasteiger partial charge in [-0.15, -0.1) is 6.42 Å². The number of nitrogens with zero attached hydrogens (tertiary/aromatic N) is 1. The lowest BCUT2D eigenvalue weighted by Gasteiger charge is -2.19. The summed E-state index contributed by atoms with van der Waals surface area (Å²) in [5.41, 5.74) is 1.25. The van der Waals surface area contributed by atoms with Gasteiger partial charge in [0.1, 0.15) is 12.4 Å². The molecule has 3 heteroatoms. The highest BCUT2D eigenvalue weighted by Crippen LogP contribution is 2.13. The molecule has 1 aromatic rings. The van der Waals surface area contributed by atoms with E-state index in [1.54, 1.807) is 0 Å². The highest BCUT2D eigenvalue weighted by Gasteiger charge is 2.02. The van der Waals surface area contributed by atoms with Gasteiger partial charge in [-0.3, -0.25) is 4.90 Å². The summed E-state index contributed by atoms with van der Waals surface area (Å²) in [4.78, 5) is 2.24. The minimum Gasteiger partial charge on any atom is -0.492 e. The molecule has 0 saturated carbocycles. The third kappa shape index (κ3) is 6.60. The van der Waals surface area contributed by atoms with Gasteiger partial charge in [0.25, 0.3) is 0 Å². The lowest BCUT2D eigenvalue weighted by Crippen LogP contribution is -2.29. The van der Waals surface area contributed by atoms with Gasteiger partial charge in [-0.25, -0.2) is 0 Å². The molecule has 0 spiro atoms. The topological polar surface area (TPSA) is 24.5 Å². The Kier molecular flexibility index (Phi) is 8.53. The van der Waals surface area contributed by atoms with E-state index in [2.05, 4.69) is 42.1 Å². The van der Waals surface area contributed by atoms with Crippen LogP contribution < -0.4 is 10.1 Å². The molecule has 0 radical (unpaired) electrons. The van der Waals surface area contributed by atoms with Crippen molar-refractivity contribution in [3.8, 4) is 18.1 Å². The van der Waals surface area contributed by atoms with Crippen LogP contribution in [0.4, 0.5) is 0 Å². The zero-order chi connectivity index (χ0) is 14.6. The summed E-state index contributed by atoms with van der Waals surface area (Å²) < 4.78 is 5.81. The monoisotopic (exact) mass is 274 g/mol. The molecular weight excluding hydrogens is 248 g/mol. The third-order valence-corrected chi connectivity index (χ3v) is 3.01. The van der Waals surface area contributed by atoms with E-state index in [1.807, 2.05) is 12.1 Å². The fourth-order valence-corrected chi connectivity index (χ4v) is 2.02. The van der Waals surface area contributed by atoms with E-state index in [4.69, 9.17) is 11.2 Å². The number of hydrogen-bond donors (Lipinski definition) is 1. The molecular formula is C17H26N2O. The maximum Gasteiger partial charge on any atom is 0.119 e. The minimum absolute atomic E-state index is 0.673. The summed E-state index contributed by atoms with van der Waals surface area (Å²) in [6.07, 6.45) is 6.48. The Morgan fingerprint density at radius 1 is 1.30 bits per heavy atom. The van der Waals surface area contributed by atoms with Crippen LogP contribution in [-0.2, 0) is 6.54 Å². The second-order valence-electron chi connectivity index (χ2n) is 4.76. The van der Waals surface area contributed by atoms with Crippen LogP contribution in [0, 0.1) is 12.3 Å². The Labute approximate surface area is 123 Å². The van der Waals surface area contributed by atoms with Crippen molar-refractivity contribution in [2.75, 3.05) is 32.8 Å². The van der Waals surface area contributed by atoms with E-state index in [9.17, 15) is 0 Å². The number of terminal acetylenes is 1. The molecule has 0 aromatic heterocycles. The molecule has 0 fully saturated rings. The summed E-state index contributed by atoms with van der Waals surface area (Å²) in [5, 5.41) is 3.31. The van der Waals surface area contributed by atoms with Crippen molar-refractivity contribution in [2.45, 2.75) is 26.8 Å². The van der Waals surface area contributed by atoms with Gasteiger partial charge in [0.05, 0.1) is 6.54 Å². The fourth-order valence-electron chi connectivity index (χ4n) is 2.02. The number of nitrogens with one attached hydrogen (secondary N) is 1. The number of ether oxygens (including phenoxy) is 1. The lowest BCUT2D eigenvalue weighted by atomic mass is 10.2. The molecule has 0 unspecified atom stereocenters. The van der Waals surface area contributed by atoms with E-state index in [-0.39, 0.29) is 0 Å². The van der Waals surface area contributed by atoms with E-state index >= 15 is 0 Å². The molecule has 0 aliphatic heterocycles. The Morgan fingerprint density at radius 2 is 2.15 bits per heavy atom. The van der Waals surface area contributed by atoms with Gasteiger partial charge in [0.15, 0.2) is 0 Å². The summed E-state index contributed by atoms with van der Waals surface area (Å²) >= 11 is 0. The number of rotatable bonds is 10. The van der Waals surface area contributed by atoms with Gasteiger partial charge in [-0.1, -0.05) is 31.9 Å². The molecule has 0 amide bonds. The van der Waals surface area contributed by atoms with Crippen LogP contribution in [0.1, 0.15) is 25.8 Å².